The molecule has 8 nitrogen and oxygen atoms in total. The van der Waals surface area contributed by atoms with Gasteiger partial charge in [0.1, 0.15) is 11.4 Å². The molecule has 12 heteroatoms. The molecule has 0 aliphatic carbocycles. The summed E-state index contributed by atoms with van der Waals surface area (Å²) in [4.78, 5) is 39.5. The summed E-state index contributed by atoms with van der Waals surface area (Å²) >= 11 is 5.86. The maximum Gasteiger partial charge on any atom is 0.573 e. The number of hydrogen-bond donors (Lipinski definition) is 1. The van der Waals surface area contributed by atoms with Crippen LogP contribution in [-0.4, -0.2) is 51.6 Å². The summed E-state index contributed by atoms with van der Waals surface area (Å²) in [6, 6.07) is 5.64. The number of aromatic nitrogens is 3. The smallest absolute Gasteiger partial charge is 0.406 e. The van der Waals surface area contributed by atoms with Crippen molar-refractivity contribution in [2.24, 2.45) is 0 Å². The first-order valence-electron chi connectivity index (χ1n) is 10.4. The minimum absolute atomic E-state index is 0.0997. The Labute approximate surface area is 204 Å². The van der Waals surface area contributed by atoms with Gasteiger partial charge in [0.2, 0.25) is 0 Å². The van der Waals surface area contributed by atoms with Crippen LogP contribution < -0.4 is 10.1 Å². The fourth-order valence-corrected chi connectivity index (χ4v) is 3.35. The molecular weight excluding hydrogens is 487 g/mol. The Hall–Kier alpha value is -3.73. The molecule has 0 saturated heterocycles. The van der Waals surface area contributed by atoms with Gasteiger partial charge in [-0.2, -0.15) is 0 Å². The number of halogens is 4. The highest BCUT2D eigenvalue weighted by Crippen LogP contribution is 2.28. The zero-order valence-electron chi connectivity index (χ0n) is 18.9. The van der Waals surface area contributed by atoms with Gasteiger partial charge in [0.25, 0.3) is 11.8 Å². The van der Waals surface area contributed by atoms with Crippen LogP contribution in [0.25, 0.3) is 11.4 Å². The number of benzene rings is 1. The number of nitrogens with one attached hydrogen (secondary N) is 1. The first-order chi connectivity index (χ1) is 16.5. The zero-order chi connectivity index (χ0) is 25.8. The van der Waals surface area contributed by atoms with Gasteiger partial charge in [-0.3, -0.25) is 24.5 Å². The van der Waals surface area contributed by atoms with Crippen LogP contribution in [0.2, 0.25) is 5.02 Å². The van der Waals surface area contributed by atoms with E-state index in [0.29, 0.717) is 29.2 Å². The van der Waals surface area contributed by atoms with Gasteiger partial charge in [-0.15, -0.1) is 13.2 Å². The molecule has 2 aromatic heterocycles. The van der Waals surface area contributed by atoms with E-state index in [1.54, 1.807) is 31.0 Å². The molecule has 1 aromatic carbocycles. The number of rotatable bonds is 7. The Kier molecular flexibility index (Phi) is 7.90. The van der Waals surface area contributed by atoms with E-state index >= 15 is 0 Å². The van der Waals surface area contributed by atoms with Crippen LogP contribution in [0.15, 0.2) is 48.9 Å². The summed E-state index contributed by atoms with van der Waals surface area (Å²) < 4.78 is 41.6. The van der Waals surface area contributed by atoms with Gasteiger partial charge in [-0.05, 0) is 44.2 Å². The lowest BCUT2D eigenvalue weighted by Crippen LogP contribution is -2.28. The van der Waals surface area contributed by atoms with Crippen LogP contribution in [-0.2, 0) is 0 Å². The van der Waals surface area contributed by atoms with Crippen LogP contribution in [0.1, 0.15) is 46.3 Å². The van der Waals surface area contributed by atoms with Crippen molar-refractivity contribution in [3.8, 4) is 17.1 Å². The Morgan fingerprint density at radius 1 is 1.11 bits per heavy atom. The molecule has 0 aliphatic heterocycles. The third-order valence-electron chi connectivity index (χ3n) is 4.93. The van der Waals surface area contributed by atoms with Crippen molar-refractivity contribution < 1.29 is 27.5 Å². The Bertz CT molecular complexity index is 1220. The zero-order valence-corrected chi connectivity index (χ0v) is 19.7. The lowest BCUT2D eigenvalue weighted by Gasteiger charge is -2.17. The number of hydrogen-bond acceptors (Lipinski definition) is 6. The number of carbonyl (C=O) groups excluding carboxylic acids is 2. The Balaban J connectivity index is 1.83. The second-order valence-electron chi connectivity index (χ2n) is 7.46. The van der Waals surface area contributed by atoms with Gasteiger partial charge in [0.15, 0.2) is 0 Å². The molecule has 3 rings (SSSR count). The second-order valence-corrected chi connectivity index (χ2v) is 7.90. The van der Waals surface area contributed by atoms with Gasteiger partial charge < -0.3 is 15.0 Å². The predicted molar refractivity (Wildman–Crippen MR) is 122 cm³/mol. The maximum absolute atomic E-state index is 12.7. The van der Waals surface area contributed by atoms with E-state index < -0.39 is 24.1 Å². The molecule has 0 saturated carbocycles. The van der Waals surface area contributed by atoms with E-state index in [-0.39, 0.29) is 16.5 Å². The molecule has 0 aliphatic rings. The number of pyridine rings is 1. The molecule has 1 unspecified atom stereocenters. The van der Waals surface area contributed by atoms with Crippen LogP contribution in [0.5, 0.6) is 5.75 Å². The maximum atomic E-state index is 12.7. The van der Waals surface area contributed by atoms with Crippen molar-refractivity contribution in [1.82, 2.24) is 25.2 Å². The SMILES string of the molecule is CCN(C)C(=O)c1ccc(-c2nccnc2C(C)NC(=O)c2cc(Cl)cc(OC(F)(F)F)c2)nc1. The van der Waals surface area contributed by atoms with Gasteiger partial charge in [-0.1, -0.05) is 11.6 Å². The standard InChI is InChI=1S/C23H21ClF3N5O3/c1-4-32(3)22(34)14-5-6-18(30-12-14)20-19(28-7-8-29-20)13(2)31-21(33)15-9-16(24)11-17(10-15)35-23(25,26)27/h5-13H,4H2,1-3H3,(H,31,33). The number of nitrogens with zero attached hydrogens (tertiary/aromatic N) is 4. The first-order valence-corrected chi connectivity index (χ1v) is 10.8. The third kappa shape index (κ3) is 6.66. The van der Waals surface area contributed by atoms with Gasteiger partial charge in [0, 0.05) is 42.8 Å². The minimum atomic E-state index is -4.93. The third-order valence-corrected chi connectivity index (χ3v) is 5.14. The van der Waals surface area contributed by atoms with Gasteiger partial charge in [0.05, 0.1) is 23.0 Å². The highest BCUT2D eigenvalue weighted by Gasteiger charge is 2.31. The van der Waals surface area contributed by atoms with Crippen LogP contribution in [0.4, 0.5) is 13.2 Å². The molecular formula is C23H21ClF3N5O3. The van der Waals surface area contributed by atoms with Gasteiger partial charge >= 0.3 is 6.36 Å². The second kappa shape index (κ2) is 10.7. The Morgan fingerprint density at radius 3 is 2.46 bits per heavy atom. The van der Waals surface area contributed by atoms with E-state index in [4.69, 9.17) is 11.6 Å². The minimum Gasteiger partial charge on any atom is -0.406 e. The molecule has 2 amide bonds. The highest BCUT2D eigenvalue weighted by molar-refractivity contribution is 6.31. The fourth-order valence-electron chi connectivity index (χ4n) is 3.12. The lowest BCUT2D eigenvalue weighted by molar-refractivity contribution is -0.274. The molecule has 0 bridgehead atoms. The summed E-state index contributed by atoms with van der Waals surface area (Å²) in [5, 5.41) is 2.57. The van der Waals surface area contributed by atoms with E-state index in [0.717, 1.165) is 12.1 Å². The number of ether oxygens (including phenoxy) is 1. The van der Waals surface area contributed by atoms with Crippen molar-refractivity contribution in [3.63, 3.8) is 0 Å². The number of amides is 2. The van der Waals surface area contributed by atoms with Crippen LogP contribution in [0, 0.1) is 0 Å². The molecule has 1 atom stereocenters. The molecule has 2 heterocycles. The monoisotopic (exact) mass is 507 g/mol. The van der Waals surface area contributed by atoms with E-state index in [9.17, 15) is 22.8 Å². The summed E-state index contributed by atoms with van der Waals surface area (Å²) in [6.07, 6.45) is -0.611. The first kappa shape index (κ1) is 25.9. The normalized spacial score (nSPS) is 12.1. The fraction of sp³-hybridized carbons (Fsp3) is 0.261. The van der Waals surface area contributed by atoms with Gasteiger partial charge in [-0.25, -0.2) is 0 Å². The molecule has 0 fully saturated rings. The van der Waals surface area contributed by atoms with Crippen molar-refractivity contribution in [2.45, 2.75) is 26.3 Å². The summed E-state index contributed by atoms with van der Waals surface area (Å²) in [6.45, 7) is 4.04. The van der Waals surface area contributed by atoms with E-state index in [2.05, 4.69) is 25.0 Å². The van der Waals surface area contributed by atoms with E-state index in [1.807, 2.05) is 6.92 Å². The highest BCUT2D eigenvalue weighted by atomic mass is 35.5. The quantitative estimate of drug-likeness (QED) is 0.499. The number of carbonyl (C=O) groups is 2. The van der Waals surface area contributed by atoms with E-state index in [1.165, 1.54) is 24.7 Å². The van der Waals surface area contributed by atoms with Crippen molar-refractivity contribution in [3.05, 3.63) is 70.8 Å². The summed E-state index contributed by atoms with van der Waals surface area (Å²) in [7, 11) is 1.68. The van der Waals surface area contributed by atoms with Crippen LogP contribution >= 0.6 is 11.6 Å². The van der Waals surface area contributed by atoms with Crippen molar-refractivity contribution in [1.29, 1.82) is 0 Å². The summed E-state index contributed by atoms with van der Waals surface area (Å²) in [5.74, 6) is -1.49. The molecule has 35 heavy (non-hydrogen) atoms. The Morgan fingerprint density at radius 2 is 1.83 bits per heavy atom. The topological polar surface area (TPSA) is 97.3 Å². The molecule has 3 aromatic rings. The number of alkyl halides is 3. The average molecular weight is 508 g/mol. The predicted octanol–water partition coefficient (Wildman–Crippen LogP) is 4.67. The van der Waals surface area contributed by atoms with Crippen LogP contribution in [0.3, 0.4) is 0 Å². The largest absolute Gasteiger partial charge is 0.573 e. The molecule has 0 radical (unpaired) electrons. The van der Waals surface area contributed by atoms with Crippen molar-refractivity contribution in [2.75, 3.05) is 13.6 Å². The summed E-state index contributed by atoms with van der Waals surface area (Å²) in [5.41, 5.74) is 1.44. The molecule has 1 N–H and O–H groups in total. The average Bonchev–Trinajstić information content (AvgIpc) is 2.81. The van der Waals surface area contributed by atoms with Crippen molar-refractivity contribution >= 4 is 23.4 Å². The molecule has 184 valence electrons. The molecule has 0 spiro atoms. The lowest BCUT2D eigenvalue weighted by atomic mass is 10.1.